The maximum absolute atomic E-state index is 12.3. The molecular formula is C16H26O5S2. The van der Waals surface area contributed by atoms with Crippen molar-refractivity contribution >= 4 is 20.9 Å². The summed E-state index contributed by atoms with van der Waals surface area (Å²) in [6, 6.07) is 7.13. The van der Waals surface area contributed by atoms with E-state index in [1.165, 1.54) is 0 Å². The van der Waals surface area contributed by atoms with Crippen LogP contribution in [-0.2, 0) is 25.1 Å². The maximum atomic E-state index is 12.3. The minimum atomic E-state index is -3.44. The lowest BCUT2D eigenvalue weighted by molar-refractivity contribution is 0.0824. The van der Waals surface area contributed by atoms with Crippen molar-refractivity contribution < 1.29 is 21.5 Å². The first-order valence-corrected chi connectivity index (χ1v) is 10.3. The standard InChI is InChI=1S/C16H26O5S2/c1-15(2,3)22(17)14-9-7-13(8-10-14)21-16(4,5)11-12-20-23(6,18)19/h7-10H,11-12H2,1-6H3. The topological polar surface area (TPSA) is 69.7 Å². The van der Waals surface area contributed by atoms with Crippen molar-refractivity contribution in [1.82, 2.24) is 0 Å². The Morgan fingerprint density at radius 3 is 2.00 bits per heavy atom. The van der Waals surface area contributed by atoms with Crippen LogP contribution in [0.15, 0.2) is 29.2 Å². The summed E-state index contributed by atoms with van der Waals surface area (Å²) in [5.41, 5.74) is -0.574. The molecule has 0 aromatic heterocycles. The number of hydrogen-bond acceptors (Lipinski definition) is 5. The Morgan fingerprint density at radius 2 is 1.57 bits per heavy atom. The lowest BCUT2D eigenvalue weighted by Crippen LogP contribution is -2.30. The van der Waals surface area contributed by atoms with Crippen LogP contribution in [0.25, 0.3) is 0 Å². The molecule has 0 aliphatic carbocycles. The molecule has 1 atom stereocenters. The van der Waals surface area contributed by atoms with Gasteiger partial charge in [-0.3, -0.25) is 8.39 Å². The van der Waals surface area contributed by atoms with E-state index in [4.69, 9.17) is 8.92 Å². The molecule has 0 amide bonds. The van der Waals surface area contributed by atoms with E-state index in [2.05, 4.69) is 0 Å². The van der Waals surface area contributed by atoms with Gasteiger partial charge in [-0.25, -0.2) is 0 Å². The van der Waals surface area contributed by atoms with Crippen molar-refractivity contribution in [1.29, 1.82) is 0 Å². The van der Waals surface area contributed by atoms with Gasteiger partial charge in [0.25, 0.3) is 10.1 Å². The molecule has 1 unspecified atom stereocenters. The zero-order valence-electron chi connectivity index (χ0n) is 14.6. The molecule has 0 radical (unpaired) electrons. The molecule has 0 fully saturated rings. The van der Waals surface area contributed by atoms with E-state index in [9.17, 15) is 12.6 Å². The first-order valence-electron chi connectivity index (χ1n) is 7.36. The highest BCUT2D eigenvalue weighted by molar-refractivity contribution is 7.86. The molecule has 7 heteroatoms. The van der Waals surface area contributed by atoms with Crippen LogP contribution >= 0.6 is 0 Å². The molecule has 0 bridgehead atoms. The summed E-state index contributed by atoms with van der Waals surface area (Å²) in [6.07, 6.45) is 1.45. The zero-order valence-corrected chi connectivity index (χ0v) is 16.2. The third-order valence-corrected chi connectivity index (χ3v) is 5.40. The third kappa shape index (κ3) is 7.46. The van der Waals surface area contributed by atoms with E-state index in [1.54, 1.807) is 24.3 Å². The smallest absolute Gasteiger partial charge is 0.264 e. The van der Waals surface area contributed by atoms with E-state index in [0.29, 0.717) is 12.2 Å². The normalized spacial score (nSPS) is 14.5. The molecular weight excluding hydrogens is 336 g/mol. The third-order valence-electron chi connectivity index (χ3n) is 2.99. The summed E-state index contributed by atoms with van der Waals surface area (Å²) >= 11 is 0. The molecule has 0 saturated heterocycles. The van der Waals surface area contributed by atoms with Gasteiger partial charge < -0.3 is 4.74 Å². The van der Waals surface area contributed by atoms with E-state index in [1.807, 2.05) is 34.6 Å². The van der Waals surface area contributed by atoms with Crippen molar-refractivity contribution in [2.75, 3.05) is 12.9 Å². The number of hydrogen-bond donors (Lipinski definition) is 0. The molecule has 5 nitrogen and oxygen atoms in total. The average Bonchev–Trinajstić information content (AvgIpc) is 2.35. The predicted octanol–water partition coefficient (Wildman–Crippen LogP) is 3.12. The van der Waals surface area contributed by atoms with Crippen molar-refractivity contribution in [2.45, 2.75) is 56.3 Å². The minimum Gasteiger partial charge on any atom is -0.488 e. The second kappa shape index (κ2) is 7.32. The predicted molar refractivity (Wildman–Crippen MR) is 92.7 cm³/mol. The molecule has 0 aliphatic heterocycles. The summed E-state index contributed by atoms with van der Waals surface area (Å²) in [6.45, 7) is 9.58. The quantitative estimate of drug-likeness (QED) is 0.697. The van der Waals surface area contributed by atoms with Gasteiger partial charge >= 0.3 is 0 Å². The summed E-state index contributed by atoms with van der Waals surface area (Å²) < 4.78 is 44.5. The Bertz CT molecular complexity index is 640. The van der Waals surface area contributed by atoms with Crippen molar-refractivity contribution in [2.24, 2.45) is 0 Å². The summed E-state index contributed by atoms with van der Waals surface area (Å²) in [4.78, 5) is 0.753. The summed E-state index contributed by atoms with van der Waals surface area (Å²) in [5.74, 6) is 0.643. The lowest BCUT2D eigenvalue weighted by Gasteiger charge is -2.26. The van der Waals surface area contributed by atoms with E-state index < -0.39 is 26.5 Å². The fourth-order valence-corrected chi connectivity index (χ4v) is 3.27. The van der Waals surface area contributed by atoms with Gasteiger partial charge in [-0.1, -0.05) is 0 Å². The van der Waals surface area contributed by atoms with Gasteiger partial charge in [-0.2, -0.15) is 8.42 Å². The molecule has 0 saturated carbocycles. The first-order chi connectivity index (χ1) is 10.3. The lowest BCUT2D eigenvalue weighted by atomic mass is 10.1. The Kier molecular flexibility index (Phi) is 6.40. The zero-order chi connectivity index (χ0) is 17.9. The van der Waals surface area contributed by atoms with E-state index >= 15 is 0 Å². The van der Waals surface area contributed by atoms with Crippen molar-refractivity contribution in [3.63, 3.8) is 0 Å². The molecule has 132 valence electrons. The van der Waals surface area contributed by atoms with Crippen molar-refractivity contribution in [3.05, 3.63) is 24.3 Å². The van der Waals surface area contributed by atoms with Crippen LogP contribution < -0.4 is 4.74 Å². The summed E-state index contributed by atoms with van der Waals surface area (Å²) in [5, 5.41) is 0. The van der Waals surface area contributed by atoms with Crippen LogP contribution in [0.5, 0.6) is 5.75 Å². The minimum absolute atomic E-state index is 0.0674. The van der Waals surface area contributed by atoms with Gasteiger partial charge in [0.1, 0.15) is 11.4 Å². The van der Waals surface area contributed by atoms with Gasteiger partial charge in [-0.15, -0.1) is 0 Å². The molecule has 1 aromatic carbocycles. The first kappa shape index (κ1) is 20.1. The summed E-state index contributed by atoms with van der Waals surface area (Å²) in [7, 11) is -4.53. The maximum Gasteiger partial charge on any atom is 0.264 e. The highest BCUT2D eigenvalue weighted by atomic mass is 32.2. The van der Waals surface area contributed by atoms with Gasteiger partial charge in [0, 0.05) is 16.1 Å². The van der Waals surface area contributed by atoms with Crippen LogP contribution in [0.2, 0.25) is 0 Å². The molecule has 23 heavy (non-hydrogen) atoms. The second-order valence-corrected chi connectivity index (χ2v) is 10.9. The number of benzene rings is 1. The van der Waals surface area contributed by atoms with Crippen LogP contribution in [0.4, 0.5) is 0 Å². The Morgan fingerprint density at radius 1 is 1.04 bits per heavy atom. The highest BCUT2D eigenvalue weighted by Crippen LogP contribution is 2.25. The van der Waals surface area contributed by atoms with Crippen LogP contribution in [0.3, 0.4) is 0 Å². The fourth-order valence-electron chi connectivity index (χ4n) is 1.79. The van der Waals surface area contributed by atoms with Crippen LogP contribution in [0, 0.1) is 0 Å². The number of ether oxygens (including phenoxy) is 1. The van der Waals surface area contributed by atoms with Crippen LogP contribution in [0.1, 0.15) is 41.0 Å². The largest absolute Gasteiger partial charge is 0.488 e. The Hall–Kier alpha value is -0.920. The highest BCUT2D eigenvalue weighted by Gasteiger charge is 2.23. The van der Waals surface area contributed by atoms with Gasteiger partial charge in [-0.05, 0) is 58.9 Å². The van der Waals surface area contributed by atoms with Gasteiger partial charge in [0.2, 0.25) is 0 Å². The van der Waals surface area contributed by atoms with Gasteiger partial charge in [0.05, 0.1) is 23.7 Å². The van der Waals surface area contributed by atoms with Crippen LogP contribution in [-0.4, -0.2) is 35.8 Å². The number of rotatable bonds is 7. The molecule has 0 heterocycles. The Balaban J connectivity index is 2.68. The molecule has 1 aromatic rings. The molecule has 0 aliphatic rings. The molecule has 1 rings (SSSR count). The van der Waals surface area contributed by atoms with E-state index in [-0.39, 0.29) is 11.4 Å². The van der Waals surface area contributed by atoms with E-state index in [0.717, 1.165) is 11.2 Å². The van der Waals surface area contributed by atoms with Crippen molar-refractivity contribution in [3.8, 4) is 5.75 Å². The Labute approximate surface area is 142 Å². The second-order valence-electron chi connectivity index (χ2n) is 6.99. The SMILES string of the molecule is CC(C)(CCOS(C)(=O)=O)Oc1ccc(S(=O)C(C)(C)C)cc1. The molecule has 0 spiro atoms. The average molecular weight is 363 g/mol. The monoisotopic (exact) mass is 362 g/mol. The fraction of sp³-hybridized carbons (Fsp3) is 0.625. The van der Waals surface area contributed by atoms with Gasteiger partial charge in [0.15, 0.2) is 0 Å². The molecule has 0 N–H and O–H groups in total.